The second kappa shape index (κ2) is 6.01. The zero-order valence-corrected chi connectivity index (χ0v) is 12.5. The second-order valence-corrected chi connectivity index (χ2v) is 6.57. The number of aliphatic hydroxyl groups is 1. The molecule has 0 aliphatic heterocycles. The van der Waals surface area contributed by atoms with Crippen LogP contribution in [0.2, 0.25) is 10.0 Å². The SMILES string of the molecule is O=S(=O)(Nc1cc(Cl)ccc1CO)c1ccc(Cl)cc1. The van der Waals surface area contributed by atoms with Crippen molar-refractivity contribution < 1.29 is 13.5 Å². The number of sulfonamides is 1. The van der Waals surface area contributed by atoms with Crippen molar-refractivity contribution in [2.75, 3.05) is 4.72 Å². The predicted octanol–water partition coefficient (Wildman–Crippen LogP) is 3.29. The Hall–Kier alpha value is -1.27. The number of anilines is 1. The van der Waals surface area contributed by atoms with Gasteiger partial charge in [0.25, 0.3) is 10.0 Å². The number of hydrogen-bond acceptors (Lipinski definition) is 3. The first-order chi connectivity index (χ1) is 9.42. The summed E-state index contributed by atoms with van der Waals surface area (Å²) < 4.78 is 26.8. The van der Waals surface area contributed by atoms with Gasteiger partial charge in [0.1, 0.15) is 0 Å². The highest BCUT2D eigenvalue weighted by Gasteiger charge is 2.16. The summed E-state index contributed by atoms with van der Waals surface area (Å²) in [4.78, 5) is 0.0748. The second-order valence-electron chi connectivity index (χ2n) is 4.02. The normalized spacial score (nSPS) is 11.3. The van der Waals surface area contributed by atoms with Gasteiger partial charge in [0.2, 0.25) is 0 Å². The quantitative estimate of drug-likeness (QED) is 0.903. The highest BCUT2D eigenvalue weighted by Crippen LogP contribution is 2.24. The molecule has 0 aromatic heterocycles. The molecule has 0 saturated carbocycles. The first kappa shape index (κ1) is 15.1. The van der Waals surface area contributed by atoms with Crippen LogP contribution in [0, 0.1) is 0 Å². The average molecular weight is 332 g/mol. The van der Waals surface area contributed by atoms with Crippen molar-refractivity contribution in [1.29, 1.82) is 0 Å². The number of aliphatic hydroxyl groups excluding tert-OH is 1. The minimum atomic E-state index is -3.76. The summed E-state index contributed by atoms with van der Waals surface area (Å²) >= 11 is 11.6. The third-order valence-electron chi connectivity index (χ3n) is 2.61. The molecule has 4 nitrogen and oxygen atoms in total. The zero-order valence-electron chi connectivity index (χ0n) is 10.2. The average Bonchev–Trinajstić information content (AvgIpc) is 2.39. The topological polar surface area (TPSA) is 66.4 Å². The molecule has 2 rings (SSSR count). The summed E-state index contributed by atoms with van der Waals surface area (Å²) in [6.07, 6.45) is 0. The lowest BCUT2D eigenvalue weighted by molar-refractivity contribution is 0.282. The van der Waals surface area contributed by atoms with Crippen LogP contribution in [-0.4, -0.2) is 13.5 Å². The number of nitrogens with one attached hydrogen (secondary N) is 1. The maximum atomic E-state index is 12.2. The number of rotatable bonds is 4. The largest absolute Gasteiger partial charge is 0.392 e. The van der Waals surface area contributed by atoms with Gasteiger partial charge < -0.3 is 5.11 Å². The third kappa shape index (κ3) is 3.43. The standard InChI is InChI=1S/C13H11Cl2NO3S/c14-10-3-5-12(6-4-10)20(18,19)16-13-7-11(15)2-1-9(13)8-17/h1-7,16-17H,8H2. The molecule has 0 radical (unpaired) electrons. The van der Waals surface area contributed by atoms with Gasteiger partial charge in [-0.3, -0.25) is 4.72 Å². The Morgan fingerprint density at radius 2 is 1.60 bits per heavy atom. The van der Waals surface area contributed by atoms with Crippen molar-refractivity contribution in [3.05, 3.63) is 58.1 Å². The Bertz CT molecular complexity index is 715. The van der Waals surface area contributed by atoms with Crippen molar-refractivity contribution in [2.24, 2.45) is 0 Å². The van der Waals surface area contributed by atoms with E-state index in [2.05, 4.69) is 4.72 Å². The fraction of sp³-hybridized carbons (Fsp3) is 0.0769. The van der Waals surface area contributed by atoms with E-state index in [1.807, 2.05) is 0 Å². The first-order valence-electron chi connectivity index (χ1n) is 5.60. The molecule has 0 fully saturated rings. The molecule has 20 heavy (non-hydrogen) atoms. The smallest absolute Gasteiger partial charge is 0.261 e. The van der Waals surface area contributed by atoms with E-state index in [-0.39, 0.29) is 17.2 Å². The third-order valence-corrected chi connectivity index (χ3v) is 4.48. The number of benzene rings is 2. The Kier molecular flexibility index (Phi) is 4.55. The van der Waals surface area contributed by atoms with E-state index in [0.29, 0.717) is 15.6 Å². The maximum Gasteiger partial charge on any atom is 0.261 e. The van der Waals surface area contributed by atoms with E-state index in [1.54, 1.807) is 12.1 Å². The highest BCUT2D eigenvalue weighted by atomic mass is 35.5. The molecule has 0 unspecified atom stereocenters. The predicted molar refractivity (Wildman–Crippen MR) is 79.6 cm³/mol. The Morgan fingerprint density at radius 3 is 2.20 bits per heavy atom. The van der Waals surface area contributed by atoms with Crippen molar-refractivity contribution in [1.82, 2.24) is 0 Å². The molecule has 0 bridgehead atoms. The van der Waals surface area contributed by atoms with E-state index >= 15 is 0 Å². The van der Waals surface area contributed by atoms with Gasteiger partial charge >= 0.3 is 0 Å². The molecule has 7 heteroatoms. The lowest BCUT2D eigenvalue weighted by atomic mass is 10.2. The van der Waals surface area contributed by atoms with Gasteiger partial charge in [-0.2, -0.15) is 0 Å². The fourth-order valence-electron chi connectivity index (χ4n) is 1.60. The van der Waals surface area contributed by atoms with Crippen LogP contribution in [0.25, 0.3) is 0 Å². The van der Waals surface area contributed by atoms with Crippen LogP contribution >= 0.6 is 23.2 Å². The van der Waals surface area contributed by atoms with Gasteiger partial charge in [-0.1, -0.05) is 29.3 Å². The van der Waals surface area contributed by atoms with Crippen molar-refractivity contribution >= 4 is 38.9 Å². The molecular weight excluding hydrogens is 321 g/mol. The molecule has 0 heterocycles. The van der Waals surface area contributed by atoms with Crippen LogP contribution in [0.4, 0.5) is 5.69 Å². The molecule has 0 amide bonds. The van der Waals surface area contributed by atoms with Crippen LogP contribution in [0.5, 0.6) is 0 Å². The molecular formula is C13H11Cl2NO3S. The molecule has 0 aliphatic rings. The van der Waals surface area contributed by atoms with Crippen LogP contribution in [0.3, 0.4) is 0 Å². The van der Waals surface area contributed by atoms with Gasteiger partial charge in [-0.15, -0.1) is 0 Å². The number of hydrogen-bond donors (Lipinski definition) is 2. The van der Waals surface area contributed by atoms with Crippen molar-refractivity contribution in [2.45, 2.75) is 11.5 Å². The summed E-state index contributed by atoms with van der Waals surface area (Å²) in [6, 6.07) is 10.3. The molecule has 0 aliphatic carbocycles. The summed E-state index contributed by atoms with van der Waals surface area (Å²) in [5.41, 5.74) is 0.682. The number of halogens is 2. The molecule has 106 valence electrons. The highest BCUT2D eigenvalue weighted by molar-refractivity contribution is 7.92. The van der Waals surface area contributed by atoms with Gasteiger partial charge in [-0.25, -0.2) is 8.42 Å². The Morgan fingerprint density at radius 1 is 1.00 bits per heavy atom. The first-order valence-corrected chi connectivity index (χ1v) is 7.84. The fourth-order valence-corrected chi connectivity index (χ4v) is 2.99. The van der Waals surface area contributed by atoms with E-state index in [0.717, 1.165) is 0 Å². The molecule has 0 spiro atoms. The molecule has 2 N–H and O–H groups in total. The summed E-state index contributed by atoms with van der Waals surface area (Å²) in [5.74, 6) is 0. The van der Waals surface area contributed by atoms with Crippen LogP contribution < -0.4 is 4.72 Å². The van der Waals surface area contributed by atoms with Crippen LogP contribution in [-0.2, 0) is 16.6 Å². The van der Waals surface area contributed by atoms with Gasteiger partial charge in [0.15, 0.2) is 0 Å². The summed E-state index contributed by atoms with van der Waals surface area (Å²) in [5, 5.41) is 10.0. The van der Waals surface area contributed by atoms with Gasteiger partial charge in [-0.05, 0) is 36.4 Å². The molecule has 0 atom stereocenters. The van der Waals surface area contributed by atoms with Crippen molar-refractivity contribution in [3.63, 3.8) is 0 Å². The monoisotopic (exact) mass is 331 g/mol. The molecule has 0 saturated heterocycles. The lowest BCUT2D eigenvalue weighted by Gasteiger charge is -2.12. The molecule has 2 aromatic rings. The van der Waals surface area contributed by atoms with Crippen LogP contribution in [0.15, 0.2) is 47.4 Å². The van der Waals surface area contributed by atoms with Crippen molar-refractivity contribution in [3.8, 4) is 0 Å². The Labute approximate surface area is 127 Å². The maximum absolute atomic E-state index is 12.2. The van der Waals surface area contributed by atoms with E-state index < -0.39 is 10.0 Å². The van der Waals surface area contributed by atoms with Gasteiger partial charge in [0, 0.05) is 15.6 Å². The van der Waals surface area contributed by atoms with E-state index in [4.69, 9.17) is 23.2 Å². The Balaban J connectivity index is 2.37. The minimum absolute atomic E-state index is 0.0748. The molecule has 2 aromatic carbocycles. The van der Waals surface area contributed by atoms with E-state index in [1.165, 1.54) is 30.3 Å². The zero-order chi connectivity index (χ0) is 14.8. The lowest BCUT2D eigenvalue weighted by Crippen LogP contribution is -2.14. The summed E-state index contributed by atoms with van der Waals surface area (Å²) in [7, 11) is -3.76. The summed E-state index contributed by atoms with van der Waals surface area (Å²) in [6.45, 7) is -0.296. The van der Waals surface area contributed by atoms with Gasteiger partial charge in [0.05, 0.1) is 17.2 Å². The minimum Gasteiger partial charge on any atom is -0.392 e. The van der Waals surface area contributed by atoms with E-state index in [9.17, 15) is 13.5 Å². The van der Waals surface area contributed by atoms with Crippen LogP contribution in [0.1, 0.15) is 5.56 Å².